The standard InChI is InChI=1S/C18H26FN3O2/c1-13(2)20-17(23)11-21(3)12-18(24)22(15-8-9-15)10-14-6-4-5-7-16(14)19/h4-7,13,15H,8-12H2,1-3H3,(H,20,23)/p+1. The number of hydrogen-bond acceptors (Lipinski definition) is 2. The van der Waals surface area contributed by atoms with Crippen molar-refractivity contribution in [1.82, 2.24) is 10.2 Å². The number of carbonyl (C=O) groups is 2. The summed E-state index contributed by atoms with van der Waals surface area (Å²) >= 11 is 0. The molecule has 1 aromatic rings. The summed E-state index contributed by atoms with van der Waals surface area (Å²) in [6, 6.07) is 6.84. The second-order valence-corrected chi connectivity index (χ2v) is 6.88. The van der Waals surface area contributed by atoms with Gasteiger partial charge in [-0.3, -0.25) is 9.59 Å². The molecule has 1 aliphatic carbocycles. The van der Waals surface area contributed by atoms with Gasteiger partial charge in [0.2, 0.25) is 0 Å². The van der Waals surface area contributed by atoms with E-state index < -0.39 is 0 Å². The van der Waals surface area contributed by atoms with E-state index in [1.807, 2.05) is 20.9 Å². The minimum absolute atomic E-state index is 0.0319. The summed E-state index contributed by atoms with van der Waals surface area (Å²) in [5.41, 5.74) is 0.535. The molecule has 2 N–H and O–H groups in total. The number of amides is 2. The monoisotopic (exact) mass is 336 g/mol. The third-order valence-corrected chi connectivity index (χ3v) is 3.97. The second-order valence-electron chi connectivity index (χ2n) is 6.88. The molecule has 1 saturated carbocycles. The zero-order chi connectivity index (χ0) is 17.7. The molecule has 2 amide bonds. The highest BCUT2D eigenvalue weighted by atomic mass is 19.1. The third-order valence-electron chi connectivity index (χ3n) is 3.97. The molecule has 6 heteroatoms. The zero-order valence-electron chi connectivity index (χ0n) is 14.6. The number of nitrogens with zero attached hydrogens (tertiary/aromatic N) is 1. The van der Waals surface area contributed by atoms with Crippen LogP contribution in [0.4, 0.5) is 4.39 Å². The number of benzene rings is 1. The van der Waals surface area contributed by atoms with Crippen LogP contribution in [0.3, 0.4) is 0 Å². The summed E-state index contributed by atoms with van der Waals surface area (Å²) in [6.45, 7) is 4.59. The van der Waals surface area contributed by atoms with Gasteiger partial charge in [-0.15, -0.1) is 0 Å². The summed E-state index contributed by atoms with van der Waals surface area (Å²) in [4.78, 5) is 27.0. The molecule has 0 heterocycles. The summed E-state index contributed by atoms with van der Waals surface area (Å²) in [5, 5.41) is 2.82. The Kier molecular flexibility index (Phi) is 6.31. The van der Waals surface area contributed by atoms with Crippen LogP contribution < -0.4 is 10.2 Å². The molecule has 5 nitrogen and oxygen atoms in total. The first-order valence-electron chi connectivity index (χ1n) is 8.50. The number of nitrogens with one attached hydrogen (secondary N) is 2. The zero-order valence-corrected chi connectivity index (χ0v) is 14.6. The maximum Gasteiger partial charge on any atom is 0.278 e. The lowest BCUT2D eigenvalue weighted by Gasteiger charge is -2.24. The Balaban J connectivity index is 1.92. The molecule has 132 valence electrons. The third kappa shape index (κ3) is 5.60. The van der Waals surface area contributed by atoms with Crippen LogP contribution in [-0.4, -0.2) is 48.9 Å². The van der Waals surface area contributed by atoms with Crippen molar-refractivity contribution in [2.45, 2.75) is 45.3 Å². The minimum Gasteiger partial charge on any atom is -0.349 e. The van der Waals surface area contributed by atoms with E-state index >= 15 is 0 Å². The first kappa shape index (κ1) is 18.4. The van der Waals surface area contributed by atoms with Gasteiger partial charge in [-0.2, -0.15) is 0 Å². The van der Waals surface area contributed by atoms with E-state index in [4.69, 9.17) is 0 Å². The normalized spacial score (nSPS) is 15.2. The Morgan fingerprint density at radius 1 is 1.29 bits per heavy atom. The van der Waals surface area contributed by atoms with E-state index in [0.29, 0.717) is 12.1 Å². The summed E-state index contributed by atoms with van der Waals surface area (Å²) < 4.78 is 13.9. The number of hydrogen-bond donors (Lipinski definition) is 2. The van der Waals surface area contributed by atoms with Gasteiger partial charge >= 0.3 is 0 Å². The van der Waals surface area contributed by atoms with Crippen molar-refractivity contribution in [1.29, 1.82) is 0 Å². The molecule has 1 fully saturated rings. The number of rotatable bonds is 8. The van der Waals surface area contributed by atoms with Crippen LogP contribution in [0.2, 0.25) is 0 Å². The lowest BCUT2D eigenvalue weighted by Crippen LogP contribution is -3.11. The lowest BCUT2D eigenvalue weighted by atomic mass is 10.2. The van der Waals surface area contributed by atoms with E-state index in [1.54, 1.807) is 23.1 Å². The fraction of sp³-hybridized carbons (Fsp3) is 0.556. The Bertz CT molecular complexity index is 587. The fourth-order valence-electron chi connectivity index (χ4n) is 2.69. The number of carbonyl (C=O) groups excluding carboxylic acids is 2. The summed E-state index contributed by atoms with van der Waals surface area (Å²) in [7, 11) is 1.83. The quantitative estimate of drug-likeness (QED) is 0.720. The highest BCUT2D eigenvalue weighted by molar-refractivity contribution is 5.79. The molecular weight excluding hydrogens is 309 g/mol. The van der Waals surface area contributed by atoms with Crippen LogP contribution in [0.1, 0.15) is 32.3 Å². The van der Waals surface area contributed by atoms with Crippen molar-refractivity contribution in [3.8, 4) is 0 Å². The molecule has 1 atom stereocenters. The summed E-state index contributed by atoms with van der Waals surface area (Å²) in [5.74, 6) is -0.383. The average Bonchev–Trinajstić information content (AvgIpc) is 3.29. The predicted octanol–water partition coefficient (Wildman–Crippen LogP) is 0.356. The van der Waals surface area contributed by atoms with E-state index in [9.17, 15) is 14.0 Å². The van der Waals surface area contributed by atoms with Crippen molar-refractivity contribution in [2.24, 2.45) is 0 Å². The molecule has 0 saturated heterocycles. The Labute approximate surface area is 142 Å². The molecule has 0 aliphatic heterocycles. The molecule has 0 spiro atoms. The van der Waals surface area contributed by atoms with Crippen LogP contribution >= 0.6 is 0 Å². The SMILES string of the molecule is CC(C)NC(=O)C[NH+](C)CC(=O)N(Cc1ccccc1F)C1CC1. The Morgan fingerprint density at radius 2 is 1.96 bits per heavy atom. The highest BCUT2D eigenvalue weighted by Gasteiger charge is 2.34. The maximum absolute atomic E-state index is 13.9. The number of likely N-dealkylation sites (N-methyl/N-ethyl adjacent to an activating group) is 1. The molecular formula is C18H27FN3O2+. The van der Waals surface area contributed by atoms with E-state index in [-0.39, 0.29) is 42.8 Å². The van der Waals surface area contributed by atoms with Crippen molar-refractivity contribution >= 4 is 11.8 Å². The van der Waals surface area contributed by atoms with Crippen molar-refractivity contribution in [2.75, 3.05) is 20.1 Å². The van der Waals surface area contributed by atoms with Crippen molar-refractivity contribution < 1.29 is 18.9 Å². The first-order valence-corrected chi connectivity index (χ1v) is 8.50. The second kappa shape index (κ2) is 8.24. The molecule has 24 heavy (non-hydrogen) atoms. The molecule has 0 bridgehead atoms. The topological polar surface area (TPSA) is 53.9 Å². The van der Waals surface area contributed by atoms with Gasteiger partial charge in [-0.25, -0.2) is 4.39 Å². The predicted molar refractivity (Wildman–Crippen MR) is 89.9 cm³/mol. The molecule has 1 unspecified atom stereocenters. The molecule has 0 radical (unpaired) electrons. The van der Waals surface area contributed by atoms with Crippen LogP contribution in [0.25, 0.3) is 0 Å². The molecule has 2 rings (SSSR count). The van der Waals surface area contributed by atoms with Crippen LogP contribution in [0.5, 0.6) is 0 Å². The minimum atomic E-state index is -0.284. The van der Waals surface area contributed by atoms with Gasteiger partial charge in [-0.1, -0.05) is 18.2 Å². The molecule has 0 aromatic heterocycles. The smallest absolute Gasteiger partial charge is 0.278 e. The molecule has 1 aliphatic rings. The molecule has 1 aromatic carbocycles. The lowest BCUT2D eigenvalue weighted by molar-refractivity contribution is -0.863. The van der Waals surface area contributed by atoms with Crippen LogP contribution in [-0.2, 0) is 16.1 Å². The highest BCUT2D eigenvalue weighted by Crippen LogP contribution is 2.28. The van der Waals surface area contributed by atoms with E-state index in [1.165, 1.54) is 6.07 Å². The largest absolute Gasteiger partial charge is 0.349 e. The van der Waals surface area contributed by atoms with E-state index in [0.717, 1.165) is 17.7 Å². The Hall–Kier alpha value is -1.95. The van der Waals surface area contributed by atoms with Gasteiger partial charge in [0.05, 0.1) is 7.05 Å². The van der Waals surface area contributed by atoms with E-state index in [2.05, 4.69) is 5.32 Å². The van der Waals surface area contributed by atoms with Gasteiger partial charge in [-0.05, 0) is 32.8 Å². The van der Waals surface area contributed by atoms with Crippen molar-refractivity contribution in [3.63, 3.8) is 0 Å². The maximum atomic E-state index is 13.9. The van der Waals surface area contributed by atoms with Crippen LogP contribution in [0.15, 0.2) is 24.3 Å². The van der Waals surface area contributed by atoms with Gasteiger partial charge in [0.1, 0.15) is 5.82 Å². The van der Waals surface area contributed by atoms with Crippen molar-refractivity contribution in [3.05, 3.63) is 35.6 Å². The van der Waals surface area contributed by atoms with Gasteiger partial charge < -0.3 is 15.1 Å². The number of halogens is 1. The van der Waals surface area contributed by atoms with Crippen LogP contribution in [0, 0.1) is 5.82 Å². The first-order chi connectivity index (χ1) is 11.4. The van der Waals surface area contributed by atoms with Gasteiger partial charge in [0.15, 0.2) is 13.1 Å². The fourth-order valence-corrected chi connectivity index (χ4v) is 2.69. The summed E-state index contributed by atoms with van der Waals surface area (Å²) in [6.07, 6.45) is 1.93. The Morgan fingerprint density at radius 3 is 2.54 bits per heavy atom. The van der Waals surface area contributed by atoms with Gasteiger partial charge in [0, 0.05) is 24.2 Å². The average molecular weight is 336 g/mol. The number of quaternary nitrogens is 1. The van der Waals surface area contributed by atoms with Gasteiger partial charge in [0.25, 0.3) is 11.8 Å².